The van der Waals surface area contributed by atoms with E-state index in [2.05, 4.69) is 55.4 Å². The molecule has 97 heavy (non-hydrogen) atoms. The Kier molecular flexibility index (Phi) is 65.9. The molecule has 0 aromatic heterocycles. The van der Waals surface area contributed by atoms with E-state index in [1.807, 2.05) is 0 Å². The van der Waals surface area contributed by atoms with Crippen LogP contribution in [0.25, 0.3) is 0 Å². The van der Waals surface area contributed by atoms with Gasteiger partial charge in [-0.15, -0.1) is 0 Å². The second-order valence-electron chi connectivity index (χ2n) is 30.0. The van der Waals surface area contributed by atoms with Crippen molar-refractivity contribution in [2.24, 2.45) is 23.7 Å². The normalized spacial score (nSPS) is 14.1. The molecule has 0 aromatic carbocycles. The molecule has 5 atom stereocenters. The summed E-state index contributed by atoms with van der Waals surface area (Å²) in [6.45, 7) is 14.2. The number of rotatable bonds is 75. The standard InChI is InChI=1S/C78H152O17P2/c1-68(2)54-46-38-30-24-18-13-9-11-15-21-27-33-42-50-58-75(80)88-64-73(94-77(82)60-52-44-34-28-22-16-12-10-14-19-25-31-39-47-55-69(3)4)66-92-96(84,85)90-62-72(79)63-91-97(86,87)93-67-74(65-89-76(81)59-51-43-37-36-41-49-57-71(7)8)95-78(83)61-53-45-35-29-23-17-20-26-32-40-48-56-70(5)6/h68-74,79H,9-67H2,1-8H3,(H,84,85)(H,86,87)/t72-,73-,74-/m1/s1. The van der Waals surface area contributed by atoms with Crippen LogP contribution in [0.5, 0.6) is 0 Å². The van der Waals surface area contributed by atoms with Crippen molar-refractivity contribution < 1.29 is 80.2 Å². The smallest absolute Gasteiger partial charge is 0.462 e. The van der Waals surface area contributed by atoms with Crippen molar-refractivity contribution >= 4 is 39.5 Å². The average molecular weight is 1420 g/mol. The van der Waals surface area contributed by atoms with Crippen molar-refractivity contribution in [2.45, 2.75) is 414 Å². The highest BCUT2D eigenvalue weighted by Gasteiger charge is 2.30. The number of phosphoric acid groups is 2. The molecule has 0 saturated carbocycles. The molecule has 0 aromatic rings. The van der Waals surface area contributed by atoms with Crippen LogP contribution in [-0.2, 0) is 65.4 Å². The van der Waals surface area contributed by atoms with Crippen LogP contribution >= 0.6 is 15.6 Å². The van der Waals surface area contributed by atoms with Gasteiger partial charge < -0.3 is 33.8 Å². The van der Waals surface area contributed by atoms with Crippen LogP contribution < -0.4 is 0 Å². The molecule has 19 heteroatoms. The van der Waals surface area contributed by atoms with E-state index in [1.165, 1.54) is 193 Å². The van der Waals surface area contributed by atoms with Gasteiger partial charge in [0.2, 0.25) is 0 Å². The number of unbranched alkanes of at least 4 members (excludes halogenated alkanes) is 41. The summed E-state index contributed by atoms with van der Waals surface area (Å²) in [6, 6.07) is 0. The van der Waals surface area contributed by atoms with E-state index in [9.17, 15) is 43.2 Å². The summed E-state index contributed by atoms with van der Waals surface area (Å²) in [5.74, 6) is 0.920. The maximum atomic E-state index is 13.1. The van der Waals surface area contributed by atoms with Crippen molar-refractivity contribution in [3.05, 3.63) is 0 Å². The molecule has 0 aliphatic carbocycles. The lowest BCUT2D eigenvalue weighted by Crippen LogP contribution is -2.30. The van der Waals surface area contributed by atoms with Crippen molar-refractivity contribution in [1.82, 2.24) is 0 Å². The highest BCUT2D eigenvalue weighted by Crippen LogP contribution is 2.45. The first kappa shape index (κ1) is 95.1. The SMILES string of the molecule is CC(C)CCCCCCCCCCCCCCCCC(=O)OC[C@H](COP(=O)(O)OC[C@@H](O)COP(=O)(O)OC[C@@H](COC(=O)CCCCCCCCC(C)C)OC(=O)CCCCCCCCCCCCCC(C)C)OC(=O)CCCCCCCCCCCCCCCCC(C)C. The first-order chi connectivity index (χ1) is 46.6. The van der Waals surface area contributed by atoms with E-state index in [1.54, 1.807) is 0 Å². The topological polar surface area (TPSA) is 237 Å². The summed E-state index contributed by atoms with van der Waals surface area (Å²) in [5, 5.41) is 10.6. The Morgan fingerprint density at radius 2 is 0.433 bits per heavy atom. The molecule has 0 spiro atoms. The highest BCUT2D eigenvalue weighted by molar-refractivity contribution is 7.47. The summed E-state index contributed by atoms with van der Waals surface area (Å²) < 4.78 is 68.6. The molecule has 17 nitrogen and oxygen atoms in total. The fraction of sp³-hybridized carbons (Fsp3) is 0.949. The molecule has 2 unspecified atom stereocenters. The Bertz CT molecular complexity index is 1900. The molecule has 0 heterocycles. The predicted octanol–water partition coefficient (Wildman–Crippen LogP) is 22.8. The van der Waals surface area contributed by atoms with Gasteiger partial charge in [-0.1, -0.05) is 344 Å². The predicted molar refractivity (Wildman–Crippen MR) is 395 cm³/mol. The van der Waals surface area contributed by atoms with Crippen molar-refractivity contribution in [2.75, 3.05) is 39.6 Å². The van der Waals surface area contributed by atoms with E-state index in [-0.39, 0.29) is 25.7 Å². The zero-order valence-corrected chi connectivity index (χ0v) is 65.5. The van der Waals surface area contributed by atoms with Crippen molar-refractivity contribution in [1.29, 1.82) is 0 Å². The quantitative estimate of drug-likeness (QED) is 0.0222. The summed E-state index contributed by atoms with van der Waals surface area (Å²) in [7, 11) is -9.92. The van der Waals surface area contributed by atoms with Crippen LogP contribution in [0.1, 0.15) is 396 Å². The largest absolute Gasteiger partial charge is 0.472 e. The monoisotopic (exact) mass is 1420 g/mol. The lowest BCUT2D eigenvalue weighted by Gasteiger charge is -2.21. The maximum absolute atomic E-state index is 13.1. The third-order valence-electron chi connectivity index (χ3n) is 18.1. The number of aliphatic hydroxyl groups is 1. The minimum absolute atomic E-state index is 0.105. The van der Waals surface area contributed by atoms with E-state index in [4.69, 9.17) is 37.0 Å². The van der Waals surface area contributed by atoms with Crippen LogP contribution in [-0.4, -0.2) is 96.7 Å². The molecule has 0 aliphatic heterocycles. The van der Waals surface area contributed by atoms with Gasteiger partial charge in [-0.2, -0.15) is 0 Å². The zero-order chi connectivity index (χ0) is 71.7. The lowest BCUT2D eigenvalue weighted by atomic mass is 10.0. The van der Waals surface area contributed by atoms with E-state index < -0.39 is 97.5 Å². The van der Waals surface area contributed by atoms with Crippen LogP contribution in [0.4, 0.5) is 0 Å². The molecule has 0 saturated heterocycles. The zero-order valence-electron chi connectivity index (χ0n) is 63.7. The average Bonchev–Trinajstić information content (AvgIpc) is 1.15. The van der Waals surface area contributed by atoms with Crippen LogP contribution in [0, 0.1) is 23.7 Å². The molecule has 0 radical (unpaired) electrons. The van der Waals surface area contributed by atoms with Crippen LogP contribution in [0.2, 0.25) is 0 Å². The number of carbonyl (C=O) groups is 4. The first-order valence-electron chi connectivity index (χ1n) is 40.2. The minimum atomic E-state index is -4.96. The van der Waals surface area contributed by atoms with Gasteiger partial charge in [0, 0.05) is 25.7 Å². The van der Waals surface area contributed by atoms with Gasteiger partial charge in [0.15, 0.2) is 12.2 Å². The fourth-order valence-electron chi connectivity index (χ4n) is 11.9. The summed E-state index contributed by atoms with van der Waals surface area (Å²) in [6.07, 6.45) is 52.8. The van der Waals surface area contributed by atoms with E-state index in [0.29, 0.717) is 31.6 Å². The number of hydrogen-bond acceptors (Lipinski definition) is 15. The molecule has 0 rings (SSSR count). The Labute approximate surface area is 594 Å². The van der Waals surface area contributed by atoms with Gasteiger partial charge in [0.05, 0.1) is 26.4 Å². The first-order valence-corrected chi connectivity index (χ1v) is 43.2. The van der Waals surface area contributed by atoms with Gasteiger partial charge in [-0.3, -0.25) is 37.3 Å². The summed E-state index contributed by atoms with van der Waals surface area (Å²) in [5.41, 5.74) is 0. The molecule has 0 fully saturated rings. The number of ether oxygens (including phenoxy) is 4. The van der Waals surface area contributed by atoms with Crippen LogP contribution in [0.15, 0.2) is 0 Å². The summed E-state index contributed by atoms with van der Waals surface area (Å²) in [4.78, 5) is 72.9. The molecular formula is C78H152O17P2. The minimum Gasteiger partial charge on any atom is -0.462 e. The Balaban J connectivity index is 5.24. The third-order valence-corrected chi connectivity index (χ3v) is 20.0. The van der Waals surface area contributed by atoms with Gasteiger partial charge in [0.1, 0.15) is 19.3 Å². The second-order valence-corrected chi connectivity index (χ2v) is 32.9. The number of hydrogen-bond donors (Lipinski definition) is 3. The van der Waals surface area contributed by atoms with E-state index >= 15 is 0 Å². The molecular weight excluding hydrogens is 1270 g/mol. The third kappa shape index (κ3) is 72.2. The maximum Gasteiger partial charge on any atom is 0.472 e. The fourth-order valence-corrected chi connectivity index (χ4v) is 13.5. The van der Waals surface area contributed by atoms with Crippen LogP contribution in [0.3, 0.4) is 0 Å². The Morgan fingerprint density at radius 1 is 0.258 bits per heavy atom. The van der Waals surface area contributed by atoms with Gasteiger partial charge in [0.25, 0.3) is 0 Å². The highest BCUT2D eigenvalue weighted by atomic mass is 31.2. The second kappa shape index (κ2) is 67.2. The molecule has 3 N–H and O–H groups in total. The molecule has 0 bridgehead atoms. The van der Waals surface area contributed by atoms with Gasteiger partial charge >= 0.3 is 39.5 Å². The molecule has 0 amide bonds. The lowest BCUT2D eigenvalue weighted by molar-refractivity contribution is -0.161. The number of esters is 4. The van der Waals surface area contributed by atoms with Crippen molar-refractivity contribution in [3.63, 3.8) is 0 Å². The number of carbonyl (C=O) groups excluding carboxylic acids is 4. The number of aliphatic hydroxyl groups excluding tert-OH is 1. The molecule has 0 aliphatic rings. The Hall–Kier alpha value is -1.94. The van der Waals surface area contributed by atoms with Crippen molar-refractivity contribution in [3.8, 4) is 0 Å². The summed E-state index contributed by atoms with van der Waals surface area (Å²) >= 11 is 0. The number of phosphoric ester groups is 2. The van der Waals surface area contributed by atoms with Gasteiger partial charge in [-0.05, 0) is 49.4 Å². The van der Waals surface area contributed by atoms with E-state index in [0.717, 1.165) is 114 Å². The Morgan fingerprint density at radius 3 is 0.639 bits per heavy atom. The molecule has 576 valence electrons. The van der Waals surface area contributed by atoms with Gasteiger partial charge in [-0.25, -0.2) is 9.13 Å².